The normalized spacial score (nSPS) is 14.8. The summed E-state index contributed by atoms with van der Waals surface area (Å²) in [4.78, 5) is 17.3. The number of amides is 1. The van der Waals surface area contributed by atoms with Crippen molar-refractivity contribution in [1.29, 1.82) is 5.26 Å². The smallest absolute Gasteiger partial charge is 0.409 e. The van der Waals surface area contributed by atoms with Gasteiger partial charge in [0.15, 0.2) is 5.96 Å². The maximum Gasteiger partial charge on any atom is 0.409 e. The summed E-state index contributed by atoms with van der Waals surface area (Å²) in [6.07, 6.45) is 1.25. The molecule has 0 aromatic heterocycles. The lowest BCUT2D eigenvalue weighted by atomic mass is 10.1. The Hall–Kier alpha value is -2.09. The van der Waals surface area contributed by atoms with Gasteiger partial charge >= 0.3 is 6.09 Å². The molecule has 1 fully saturated rings. The molecule has 0 aliphatic carbocycles. The second-order valence-corrected chi connectivity index (χ2v) is 5.72. The molecule has 1 aliphatic rings. The minimum atomic E-state index is -0.423. The molecule has 0 bridgehead atoms. The van der Waals surface area contributed by atoms with Gasteiger partial charge < -0.3 is 20.3 Å². The van der Waals surface area contributed by atoms with Crippen LogP contribution in [0, 0.1) is 17.1 Å². The Morgan fingerprint density at radius 1 is 1.46 bits per heavy atom. The van der Waals surface area contributed by atoms with Gasteiger partial charge in [0, 0.05) is 38.3 Å². The molecule has 2 rings (SSSR count). The van der Waals surface area contributed by atoms with E-state index in [1.807, 2.05) is 6.07 Å². The van der Waals surface area contributed by atoms with Gasteiger partial charge in [0.25, 0.3) is 0 Å². The van der Waals surface area contributed by atoms with Crippen molar-refractivity contribution >= 4 is 36.0 Å². The molecule has 1 amide bonds. The number of hydrogen-bond donors (Lipinski definition) is 2. The summed E-state index contributed by atoms with van der Waals surface area (Å²) in [7, 11) is 3.02. The number of piperidine rings is 1. The number of carbonyl (C=O) groups excluding carboxylic acids is 1. The number of likely N-dealkylation sites (tertiary alicyclic amines) is 1. The van der Waals surface area contributed by atoms with Crippen molar-refractivity contribution in [2.75, 3.05) is 27.2 Å². The second-order valence-electron chi connectivity index (χ2n) is 5.72. The lowest BCUT2D eigenvalue weighted by Crippen LogP contribution is -2.49. The number of nitriles is 1. The number of methoxy groups -OCH3 is 1. The number of halogens is 2. The Morgan fingerprint density at radius 2 is 2.15 bits per heavy atom. The van der Waals surface area contributed by atoms with Crippen LogP contribution in [-0.2, 0) is 11.3 Å². The molecule has 142 valence electrons. The van der Waals surface area contributed by atoms with E-state index in [0.717, 1.165) is 12.8 Å². The highest BCUT2D eigenvalue weighted by molar-refractivity contribution is 14.0. The molecule has 1 saturated heterocycles. The lowest BCUT2D eigenvalue weighted by molar-refractivity contribution is 0.111. The molecule has 0 atom stereocenters. The van der Waals surface area contributed by atoms with Crippen LogP contribution in [0.5, 0.6) is 0 Å². The molecular weight excluding hydrogens is 452 g/mol. The predicted octanol–water partition coefficient (Wildman–Crippen LogP) is 2.21. The van der Waals surface area contributed by atoms with Crippen LogP contribution < -0.4 is 10.6 Å². The Labute approximate surface area is 169 Å². The molecule has 0 unspecified atom stereocenters. The largest absolute Gasteiger partial charge is 0.453 e. The standard InChI is InChI=1S/C17H22FN5O2.HI/c1-20-16(21-11-13-4-3-12(10-19)9-15(13)18)22-14-5-7-23(8-6-14)17(24)25-2;/h3-4,9,14H,5-8,11H2,1-2H3,(H2,20,21,22);1H. The summed E-state index contributed by atoms with van der Waals surface area (Å²) in [6, 6.07) is 6.47. The first-order chi connectivity index (χ1) is 12.1. The van der Waals surface area contributed by atoms with Gasteiger partial charge in [0.1, 0.15) is 5.82 Å². The Morgan fingerprint density at radius 3 is 2.69 bits per heavy atom. The van der Waals surface area contributed by atoms with E-state index < -0.39 is 5.82 Å². The Bertz CT molecular complexity index is 684. The van der Waals surface area contributed by atoms with Crippen molar-refractivity contribution in [2.45, 2.75) is 25.4 Å². The van der Waals surface area contributed by atoms with Crippen molar-refractivity contribution in [2.24, 2.45) is 4.99 Å². The summed E-state index contributed by atoms with van der Waals surface area (Å²) >= 11 is 0. The number of nitrogens with zero attached hydrogens (tertiary/aromatic N) is 3. The van der Waals surface area contributed by atoms with Gasteiger partial charge in [-0.15, -0.1) is 24.0 Å². The van der Waals surface area contributed by atoms with Crippen LogP contribution in [0.2, 0.25) is 0 Å². The fourth-order valence-corrected chi connectivity index (χ4v) is 2.66. The molecule has 0 saturated carbocycles. The first kappa shape index (κ1) is 22.0. The topological polar surface area (TPSA) is 89.8 Å². The minimum absolute atomic E-state index is 0. The summed E-state index contributed by atoms with van der Waals surface area (Å²) in [5.41, 5.74) is 0.753. The SMILES string of the molecule is CN=C(NCc1ccc(C#N)cc1F)NC1CCN(C(=O)OC)CC1.I. The Balaban J connectivity index is 0.00000338. The zero-order valence-electron chi connectivity index (χ0n) is 14.8. The van der Waals surface area contributed by atoms with Crippen LogP contribution in [-0.4, -0.2) is 50.2 Å². The predicted molar refractivity (Wildman–Crippen MR) is 107 cm³/mol. The number of ether oxygens (including phenoxy) is 1. The van der Waals surface area contributed by atoms with E-state index in [4.69, 9.17) is 10.00 Å². The zero-order valence-corrected chi connectivity index (χ0v) is 17.1. The van der Waals surface area contributed by atoms with Gasteiger partial charge in [0.05, 0.1) is 18.7 Å². The quantitative estimate of drug-likeness (QED) is 0.398. The first-order valence-corrected chi connectivity index (χ1v) is 8.06. The molecule has 2 N–H and O–H groups in total. The summed E-state index contributed by atoms with van der Waals surface area (Å²) in [5, 5.41) is 15.1. The highest BCUT2D eigenvalue weighted by Crippen LogP contribution is 2.12. The molecule has 1 aromatic carbocycles. The van der Waals surface area contributed by atoms with Crippen LogP contribution in [0.3, 0.4) is 0 Å². The summed E-state index contributed by atoms with van der Waals surface area (Å²) < 4.78 is 18.6. The van der Waals surface area contributed by atoms with Gasteiger partial charge in [0.2, 0.25) is 0 Å². The van der Waals surface area contributed by atoms with Crippen molar-refractivity contribution < 1.29 is 13.9 Å². The molecule has 1 aliphatic heterocycles. The molecule has 7 nitrogen and oxygen atoms in total. The van der Waals surface area contributed by atoms with Crippen LogP contribution >= 0.6 is 24.0 Å². The van der Waals surface area contributed by atoms with Crippen LogP contribution in [0.4, 0.5) is 9.18 Å². The van der Waals surface area contributed by atoms with E-state index in [1.165, 1.54) is 13.2 Å². The molecule has 0 spiro atoms. The van der Waals surface area contributed by atoms with E-state index >= 15 is 0 Å². The van der Waals surface area contributed by atoms with E-state index in [0.29, 0.717) is 30.2 Å². The second kappa shape index (κ2) is 10.8. The summed E-state index contributed by atoms with van der Waals surface area (Å²) in [6.45, 7) is 1.50. The van der Waals surface area contributed by atoms with E-state index in [1.54, 1.807) is 24.1 Å². The molecule has 1 heterocycles. The molecule has 26 heavy (non-hydrogen) atoms. The highest BCUT2D eigenvalue weighted by atomic mass is 127. The number of hydrogen-bond acceptors (Lipinski definition) is 4. The van der Waals surface area contributed by atoms with Crippen LogP contribution in [0.1, 0.15) is 24.0 Å². The maximum absolute atomic E-state index is 13.9. The lowest BCUT2D eigenvalue weighted by Gasteiger charge is -2.32. The average Bonchev–Trinajstić information content (AvgIpc) is 2.65. The van der Waals surface area contributed by atoms with Crippen molar-refractivity contribution in [3.05, 3.63) is 35.1 Å². The van der Waals surface area contributed by atoms with Crippen LogP contribution in [0.15, 0.2) is 23.2 Å². The molecule has 9 heteroatoms. The van der Waals surface area contributed by atoms with Gasteiger partial charge in [-0.2, -0.15) is 5.26 Å². The number of aliphatic imine (C=N–C) groups is 1. The van der Waals surface area contributed by atoms with Crippen molar-refractivity contribution in [3.8, 4) is 6.07 Å². The minimum Gasteiger partial charge on any atom is -0.453 e. The van der Waals surface area contributed by atoms with E-state index in [2.05, 4.69) is 15.6 Å². The number of carbonyl (C=O) groups is 1. The third-order valence-corrected chi connectivity index (χ3v) is 4.12. The monoisotopic (exact) mass is 475 g/mol. The number of benzene rings is 1. The van der Waals surface area contributed by atoms with Crippen LogP contribution in [0.25, 0.3) is 0 Å². The fourth-order valence-electron chi connectivity index (χ4n) is 2.66. The third kappa shape index (κ3) is 6.01. The molecule has 0 radical (unpaired) electrons. The van der Waals surface area contributed by atoms with Crippen molar-refractivity contribution in [3.63, 3.8) is 0 Å². The molecular formula is C17H23FIN5O2. The fraction of sp³-hybridized carbons (Fsp3) is 0.471. The van der Waals surface area contributed by atoms with Gasteiger partial charge in [-0.05, 0) is 25.0 Å². The average molecular weight is 475 g/mol. The zero-order chi connectivity index (χ0) is 18.2. The molecule has 1 aromatic rings. The van der Waals surface area contributed by atoms with Gasteiger partial charge in [-0.1, -0.05) is 6.07 Å². The highest BCUT2D eigenvalue weighted by Gasteiger charge is 2.23. The van der Waals surface area contributed by atoms with E-state index in [9.17, 15) is 9.18 Å². The first-order valence-electron chi connectivity index (χ1n) is 8.06. The van der Waals surface area contributed by atoms with E-state index in [-0.39, 0.29) is 42.7 Å². The Kier molecular flexibility index (Phi) is 9.12. The van der Waals surface area contributed by atoms with Gasteiger partial charge in [-0.25, -0.2) is 9.18 Å². The van der Waals surface area contributed by atoms with Gasteiger partial charge in [-0.3, -0.25) is 4.99 Å². The maximum atomic E-state index is 13.9. The number of rotatable bonds is 3. The number of guanidine groups is 1. The number of nitrogens with one attached hydrogen (secondary N) is 2. The summed E-state index contributed by atoms with van der Waals surface area (Å²) in [5.74, 6) is 0.147. The van der Waals surface area contributed by atoms with Crippen molar-refractivity contribution in [1.82, 2.24) is 15.5 Å². The third-order valence-electron chi connectivity index (χ3n) is 4.12.